The Kier molecular flexibility index (Phi) is 4.34. The molecule has 3 aromatic rings. The number of anilines is 1. The van der Waals surface area contributed by atoms with Crippen LogP contribution in [-0.4, -0.2) is 29.0 Å². The van der Waals surface area contributed by atoms with E-state index in [2.05, 4.69) is 15.3 Å². The number of nitrogens with zero attached hydrogens (tertiary/aromatic N) is 2. The van der Waals surface area contributed by atoms with Gasteiger partial charge in [0.1, 0.15) is 23.0 Å². The summed E-state index contributed by atoms with van der Waals surface area (Å²) in [6, 6.07) is 8.19. The Bertz CT molecular complexity index is 1200. The number of nitrogen functional groups attached to an aromatic ring is 1. The number of halogens is 2. The molecular formula is C22H18F2N4O2. The minimum atomic E-state index is -0.800. The molecule has 2 aliphatic heterocycles. The van der Waals surface area contributed by atoms with Gasteiger partial charge in [-0.15, -0.1) is 0 Å². The van der Waals surface area contributed by atoms with Crippen LogP contribution in [0.1, 0.15) is 27.9 Å². The summed E-state index contributed by atoms with van der Waals surface area (Å²) in [4.78, 5) is 20.2. The summed E-state index contributed by atoms with van der Waals surface area (Å²) in [6.45, 7) is 1.08. The van der Waals surface area contributed by atoms with E-state index < -0.39 is 17.7 Å². The number of amides is 1. The number of carbonyl (C=O) groups is 1. The summed E-state index contributed by atoms with van der Waals surface area (Å²) < 4.78 is 34.9. The predicted octanol–water partition coefficient (Wildman–Crippen LogP) is 3.28. The van der Waals surface area contributed by atoms with Crippen molar-refractivity contribution in [1.82, 2.24) is 15.3 Å². The number of nitrogens with two attached hydrogens (primary N) is 1. The highest BCUT2D eigenvalue weighted by Crippen LogP contribution is 2.34. The highest BCUT2D eigenvalue weighted by molar-refractivity contribution is 5.97. The van der Waals surface area contributed by atoms with E-state index in [9.17, 15) is 13.6 Å². The monoisotopic (exact) mass is 408 g/mol. The molecule has 152 valence electrons. The van der Waals surface area contributed by atoms with Gasteiger partial charge in [-0.05, 0) is 60.7 Å². The van der Waals surface area contributed by atoms with Crippen LogP contribution >= 0.6 is 0 Å². The maximum Gasteiger partial charge on any atom is 0.254 e. The van der Waals surface area contributed by atoms with E-state index in [-0.39, 0.29) is 22.8 Å². The number of hydrogen-bond acceptors (Lipinski definition) is 5. The summed E-state index contributed by atoms with van der Waals surface area (Å²) in [5.41, 5.74) is 8.59. The van der Waals surface area contributed by atoms with E-state index in [1.165, 1.54) is 6.07 Å². The van der Waals surface area contributed by atoms with Gasteiger partial charge in [-0.2, -0.15) is 9.37 Å². The number of carbonyl (C=O) groups excluding carboxylic acids is 1. The highest BCUT2D eigenvalue weighted by atomic mass is 19.1. The van der Waals surface area contributed by atoms with Crippen LogP contribution in [0.4, 0.5) is 14.6 Å². The molecule has 1 aromatic heterocycles. The lowest BCUT2D eigenvalue weighted by molar-refractivity contribution is 0.0941. The molecule has 0 unspecified atom stereocenters. The van der Waals surface area contributed by atoms with Crippen LogP contribution in [0.25, 0.3) is 22.5 Å². The Labute approximate surface area is 171 Å². The zero-order valence-corrected chi connectivity index (χ0v) is 16.0. The summed E-state index contributed by atoms with van der Waals surface area (Å²) in [5.74, 6) is -1.28. The fourth-order valence-corrected chi connectivity index (χ4v) is 3.98. The first-order valence-electron chi connectivity index (χ1n) is 9.71. The van der Waals surface area contributed by atoms with Crippen molar-refractivity contribution in [2.45, 2.75) is 19.3 Å². The van der Waals surface area contributed by atoms with E-state index in [1.807, 2.05) is 6.07 Å². The number of benzene rings is 2. The van der Waals surface area contributed by atoms with Crippen LogP contribution in [-0.2, 0) is 12.8 Å². The van der Waals surface area contributed by atoms with Crippen molar-refractivity contribution in [1.29, 1.82) is 0 Å². The maximum absolute atomic E-state index is 14.7. The van der Waals surface area contributed by atoms with Gasteiger partial charge in [0.05, 0.1) is 12.2 Å². The van der Waals surface area contributed by atoms with Crippen molar-refractivity contribution in [2.75, 3.05) is 18.9 Å². The highest BCUT2D eigenvalue weighted by Gasteiger charge is 2.24. The molecule has 2 aliphatic rings. The third kappa shape index (κ3) is 3.04. The van der Waals surface area contributed by atoms with Crippen LogP contribution in [0.2, 0.25) is 0 Å². The minimum Gasteiger partial charge on any atom is -0.493 e. The van der Waals surface area contributed by atoms with Gasteiger partial charge in [0.15, 0.2) is 5.82 Å². The Morgan fingerprint density at radius 3 is 2.70 bits per heavy atom. The van der Waals surface area contributed by atoms with Crippen molar-refractivity contribution in [3.63, 3.8) is 0 Å². The molecule has 8 heteroatoms. The zero-order chi connectivity index (χ0) is 20.8. The van der Waals surface area contributed by atoms with Crippen LogP contribution in [0, 0.1) is 11.8 Å². The normalized spacial score (nSPS) is 15.1. The molecule has 3 heterocycles. The fourth-order valence-electron chi connectivity index (χ4n) is 3.98. The lowest BCUT2D eigenvalue weighted by atomic mass is 9.95. The molecule has 0 saturated carbocycles. The molecule has 3 N–H and O–H groups in total. The summed E-state index contributed by atoms with van der Waals surface area (Å²) >= 11 is 0. The van der Waals surface area contributed by atoms with Gasteiger partial charge in [-0.1, -0.05) is 0 Å². The van der Waals surface area contributed by atoms with Crippen LogP contribution < -0.4 is 15.8 Å². The van der Waals surface area contributed by atoms with E-state index >= 15 is 0 Å². The van der Waals surface area contributed by atoms with Gasteiger partial charge in [0, 0.05) is 17.7 Å². The third-order valence-corrected chi connectivity index (χ3v) is 5.41. The van der Waals surface area contributed by atoms with Crippen molar-refractivity contribution < 1.29 is 18.3 Å². The second-order valence-corrected chi connectivity index (χ2v) is 7.37. The van der Waals surface area contributed by atoms with Crippen molar-refractivity contribution >= 4 is 11.7 Å². The van der Waals surface area contributed by atoms with E-state index in [1.54, 1.807) is 18.2 Å². The average Bonchev–Trinajstić information content (AvgIpc) is 2.73. The molecule has 30 heavy (non-hydrogen) atoms. The first-order chi connectivity index (χ1) is 14.5. The molecule has 0 radical (unpaired) electrons. The zero-order valence-electron chi connectivity index (χ0n) is 16.0. The lowest BCUT2D eigenvalue weighted by Crippen LogP contribution is -2.32. The number of fused-ring (bicyclic) bond motifs is 2. The van der Waals surface area contributed by atoms with E-state index in [0.717, 1.165) is 24.2 Å². The molecule has 0 aliphatic carbocycles. The standard InChI is InChI=1S/C22H18F2N4O2/c23-15-10-14(9-12-5-6-26-22(29)17(12)15)19-21(25)28-20(24)18(27-19)13-3-4-16-11(8-13)2-1-7-30-16/h3-4,8-10H,1-2,5-7H2,(H2,25,28)(H,26,29). The Morgan fingerprint density at radius 1 is 1.00 bits per heavy atom. The fraction of sp³-hybridized carbons (Fsp3) is 0.227. The third-order valence-electron chi connectivity index (χ3n) is 5.41. The first kappa shape index (κ1) is 18.5. The van der Waals surface area contributed by atoms with Gasteiger partial charge < -0.3 is 15.8 Å². The molecule has 0 atom stereocenters. The number of aryl methyl sites for hydroxylation is 1. The quantitative estimate of drug-likeness (QED) is 0.679. The predicted molar refractivity (Wildman–Crippen MR) is 107 cm³/mol. The first-order valence-corrected chi connectivity index (χ1v) is 9.71. The molecule has 0 fully saturated rings. The number of rotatable bonds is 2. The second-order valence-electron chi connectivity index (χ2n) is 7.37. The maximum atomic E-state index is 14.7. The van der Waals surface area contributed by atoms with Crippen molar-refractivity contribution in [2.24, 2.45) is 0 Å². The Hall–Kier alpha value is -3.55. The Morgan fingerprint density at radius 2 is 1.83 bits per heavy atom. The smallest absolute Gasteiger partial charge is 0.254 e. The molecule has 1 amide bonds. The number of ether oxygens (including phenoxy) is 1. The van der Waals surface area contributed by atoms with Crippen molar-refractivity contribution in [3.05, 3.63) is 58.8 Å². The summed E-state index contributed by atoms with van der Waals surface area (Å²) in [7, 11) is 0. The van der Waals surface area contributed by atoms with E-state index in [4.69, 9.17) is 10.5 Å². The molecular weight excluding hydrogens is 390 g/mol. The largest absolute Gasteiger partial charge is 0.493 e. The SMILES string of the molecule is Nc1nc(F)c(-c2ccc3c(c2)CCCO3)nc1-c1cc(F)c2c(c1)CCNC2=O. The van der Waals surface area contributed by atoms with Crippen molar-refractivity contribution in [3.8, 4) is 28.3 Å². The number of nitrogens with one attached hydrogen (secondary N) is 1. The van der Waals surface area contributed by atoms with Gasteiger partial charge in [-0.3, -0.25) is 4.79 Å². The second kappa shape index (κ2) is 7.05. The van der Waals surface area contributed by atoms with Crippen LogP contribution in [0.3, 0.4) is 0 Å². The molecule has 5 rings (SSSR count). The lowest BCUT2D eigenvalue weighted by Gasteiger charge is -2.19. The molecule has 0 spiro atoms. The van der Waals surface area contributed by atoms with Gasteiger partial charge >= 0.3 is 0 Å². The van der Waals surface area contributed by atoms with Crippen LogP contribution in [0.5, 0.6) is 5.75 Å². The van der Waals surface area contributed by atoms with Crippen LogP contribution in [0.15, 0.2) is 30.3 Å². The van der Waals surface area contributed by atoms with Gasteiger partial charge in [-0.25, -0.2) is 9.37 Å². The topological polar surface area (TPSA) is 90.1 Å². The number of aromatic nitrogens is 2. The molecule has 0 saturated heterocycles. The summed E-state index contributed by atoms with van der Waals surface area (Å²) in [5, 5.41) is 2.62. The number of hydrogen-bond donors (Lipinski definition) is 2. The average molecular weight is 408 g/mol. The Balaban J connectivity index is 1.63. The van der Waals surface area contributed by atoms with Gasteiger partial charge in [0.2, 0.25) is 5.95 Å². The molecule has 6 nitrogen and oxygen atoms in total. The molecule has 0 bridgehead atoms. The molecule has 2 aromatic carbocycles. The van der Waals surface area contributed by atoms with Gasteiger partial charge in [0.25, 0.3) is 5.91 Å². The summed E-state index contributed by atoms with van der Waals surface area (Å²) in [6.07, 6.45) is 2.20. The van der Waals surface area contributed by atoms with E-state index in [0.29, 0.717) is 36.3 Å². The minimum absolute atomic E-state index is 0.0218.